The summed E-state index contributed by atoms with van der Waals surface area (Å²) in [6, 6.07) is 3.34. The van der Waals surface area contributed by atoms with Crippen molar-refractivity contribution in [2.45, 2.75) is 57.6 Å². The molecule has 0 saturated heterocycles. The predicted octanol–water partition coefficient (Wildman–Crippen LogP) is 2.05. The lowest BCUT2D eigenvalue weighted by Crippen LogP contribution is -2.43. The molecule has 1 aromatic heterocycles. The first-order chi connectivity index (χ1) is 9.30. The minimum atomic E-state index is -3.56. The minimum Gasteiger partial charge on any atom is -0.313 e. The van der Waals surface area contributed by atoms with Crippen LogP contribution in [0, 0.1) is 0 Å². The van der Waals surface area contributed by atoms with Gasteiger partial charge in [-0.1, -0.05) is 26.3 Å². The fraction of sp³-hybridized carbons (Fsp3) is 0.643. The summed E-state index contributed by atoms with van der Waals surface area (Å²) < 4.78 is 27.2. The van der Waals surface area contributed by atoms with E-state index in [9.17, 15) is 8.42 Å². The molecule has 114 valence electrons. The Balaban J connectivity index is 2.82. The van der Waals surface area contributed by atoms with Gasteiger partial charge >= 0.3 is 0 Å². The van der Waals surface area contributed by atoms with E-state index in [-0.39, 0.29) is 5.03 Å². The van der Waals surface area contributed by atoms with Gasteiger partial charge in [-0.3, -0.25) is 0 Å². The Morgan fingerprint density at radius 1 is 1.25 bits per heavy atom. The van der Waals surface area contributed by atoms with Crippen LogP contribution in [0.15, 0.2) is 23.4 Å². The first kappa shape index (κ1) is 17.1. The minimum absolute atomic E-state index is 0.0712. The van der Waals surface area contributed by atoms with E-state index in [1.54, 1.807) is 18.3 Å². The van der Waals surface area contributed by atoms with Crippen molar-refractivity contribution in [3.8, 4) is 0 Å². The Hall–Kier alpha value is -0.980. The van der Waals surface area contributed by atoms with Crippen LogP contribution in [0.3, 0.4) is 0 Å². The van der Waals surface area contributed by atoms with Gasteiger partial charge in [0, 0.05) is 18.3 Å². The summed E-state index contributed by atoms with van der Waals surface area (Å²) in [6.45, 7) is 9.38. The predicted molar refractivity (Wildman–Crippen MR) is 80.9 cm³/mol. The summed E-state index contributed by atoms with van der Waals surface area (Å²) in [4.78, 5) is 4.06. The lowest BCUT2D eigenvalue weighted by atomic mass is 10.0. The molecule has 0 spiro atoms. The third kappa shape index (κ3) is 5.19. The van der Waals surface area contributed by atoms with E-state index < -0.39 is 15.6 Å². The first-order valence-corrected chi connectivity index (χ1v) is 8.48. The number of pyridine rings is 1. The fourth-order valence-corrected chi connectivity index (χ4v) is 3.41. The van der Waals surface area contributed by atoms with Gasteiger partial charge in [0.05, 0.1) is 0 Å². The van der Waals surface area contributed by atoms with Crippen molar-refractivity contribution in [1.29, 1.82) is 0 Å². The lowest BCUT2D eigenvalue weighted by molar-refractivity contribution is 0.417. The molecule has 0 bridgehead atoms. The van der Waals surface area contributed by atoms with Crippen molar-refractivity contribution in [3.63, 3.8) is 0 Å². The molecule has 0 aliphatic carbocycles. The van der Waals surface area contributed by atoms with Crippen molar-refractivity contribution >= 4 is 10.0 Å². The number of aromatic nitrogens is 1. The molecule has 1 aromatic rings. The summed E-state index contributed by atoms with van der Waals surface area (Å²) in [6.07, 6.45) is 3.30. The van der Waals surface area contributed by atoms with E-state index in [0.29, 0.717) is 6.54 Å². The van der Waals surface area contributed by atoms with Crippen LogP contribution in [0.1, 0.15) is 46.1 Å². The van der Waals surface area contributed by atoms with E-state index >= 15 is 0 Å². The second-order valence-electron chi connectivity index (χ2n) is 5.52. The van der Waals surface area contributed by atoms with E-state index in [0.717, 1.165) is 24.9 Å². The molecule has 0 unspecified atom stereocenters. The molecule has 1 heterocycles. The smallest absolute Gasteiger partial charge is 0.258 e. The molecular weight excluding hydrogens is 274 g/mol. The van der Waals surface area contributed by atoms with Gasteiger partial charge in [0.1, 0.15) is 0 Å². The normalized spacial score (nSPS) is 12.6. The van der Waals surface area contributed by atoms with Crippen LogP contribution in [0.2, 0.25) is 0 Å². The Labute approximate surface area is 122 Å². The van der Waals surface area contributed by atoms with Gasteiger partial charge in [0.25, 0.3) is 10.0 Å². The number of nitrogens with one attached hydrogen (secondary N) is 2. The zero-order valence-corrected chi connectivity index (χ0v) is 13.5. The quantitative estimate of drug-likeness (QED) is 0.770. The zero-order valence-electron chi connectivity index (χ0n) is 12.7. The molecule has 0 fully saturated rings. The second-order valence-corrected chi connectivity index (χ2v) is 7.15. The van der Waals surface area contributed by atoms with Gasteiger partial charge in [0.15, 0.2) is 5.03 Å². The van der Waals surface area contributed by atoms with Crippen LogP contribution >= 0.6 is 0 Å². The van der Waals surface area contributed by atoms with Gasteiger partial charge < -0.3 is 5.32 Å². The third-order valence-electron chi connectivity index (χ3n) is 2.94. The van der Waals surface area contributed by atoms with Crippen molar-refractivity contribution in [1.82, 2.24) is 15.0 Å². The highest BCUT2D eigenvalue weighted by Crippen LogP contribution is 2.16. The van der Waals surface area contributed by atoms with Gasteiger partial charge in [-0.25, -0.2) is 18.1 Å². The van der Waals surface area contributed by atoms with E-state index in [4.69, 9.17) is 0 Å². The maximum absolute atomic E-state index is 12.3. The molecule has 20 heavy (non-hydrogen) atoms. The molecule has 0 aliphatic heterocycles. The van der Waals surface area contributed by atoms with Crippen LogP contribution in [-0.4, -0.2) is 25.5 Å². The number of sulfonamides is 1. The molecule has 0 radical (unpaired) electrons. The molecule has 0 saturated carbocycles. The zero-order chi connectivity index (χ0) is 15.2. The third-order valence-corrected chi connectivity index (χ3v) is 4.55. The standard InChI is InChI=1S/C14H25N3O2S/c1-5-9-14(3,4)17-20(18,19)13-8-7-12(11-16-13)10-15-6-2/h7-8,11,15,17H,5-6,9-10H2,1-4H3. The molecule has 0 atom stereocenters. The van der Waals surface area contributed by atoms with Crippen molar-refractivity contribution < 1.29 is 8.42 Å². The van der Waals surface area contributed by atoms with Crippen molar-refractivity contribution in [3.05, 3.63) is 23.9 Å². The highest BCUT2D eigenvalue weighted by atomic mass is 32.2. The average Bonchev–Trinajstić information content (AvgIpc) is 2.35. The molecule has 2 N–H and O–H groups in total. The average molecular weight is 299 g/mol. The fourth-order valence-electron chi connectivity index (χ4n) is 2.04. The highest BCUT2D eigenvalue weighted by Gasteiger charge is 2.26. The Morgan fingerprint density at radius 2 is 1.95 bits per heavy atom. The molecule has 0 amide bonds. The van der Waals surface area contributed by atoms with Gasteiger partial charge in [-0.15, -0.1) is 0 Å². The highest BCUT2D eigenvalue weighted by molar-refractivity contribution is 7.89. The van der Waals surface area contributed by atoms with E-state index in [1.165, 1.54) is 0 Å². The Kier molecular flexibility index (Phi) is 6.10. The summed E-state index contributed by atoms with van der Waals surface area (Å²) in [7, 11) is -3.56. The lowest BCUT2D eigenvalue weighted by Gasteiger charge is -2.25. The van der Waals surface area contributed by atoms with Gasteiger partial charge in [-0.05, 0) is 38.4 Å². The van der Waals surface area contributed by atoms with Crippen LogP contribution < -0.4 is 10.0 Å². The summed E-state index contributed by atoms with van der Waals surface area (Å²) in [5.41, 5.74) is 0.510. The van der Waals surface area contributed by atoms with E-state index in [1.807, 2.05) is 27.7 Å². The molecule has 6 heteroatoms. The summed E-state index contributed by atoms with van der Waals surface area (Å²) in [5, 5.41) is 3.24. The molecular formula is C14H25N3O2S. The molecule has 1 rings (SSSR count). The summed E-state index contributed by atoms with van der Waals surface area (Å²) >= 11 is 0. The number of hydrogen-bond donors (Lipinski definition) is 2. The molecule has 5 nitrogen and oxygen atoms in total. The Morgan fingerprint density at radius 3 is 2.45 bits per heavy atom. The van der Waals surface area contributed by atoms with Crippen molar-refractivity contribution in [2.24, 2.45) is 0 Å². The maximum Gasteiger partial charge on any atom is 0.258 e. The Bertz CT molecular complexity index is 510. The van der Waals surface area contributed by atoms with Crippen LogP contribution in [0.25, 0.3) is 0 Å². The largest absolute Gasteiger partial charge is 0.313 e. The van der Waals surface area contributed by atoms with Crippen molar-refractivity contribution in [2.75, 3.05) is 6.54 Å². The van der Waals surface area contributed by atoms with Crippen LogP contribution in [-0.2, 0) is 16.6 Å². The summed E-state index contributed by atoms with van der Waals surface area (Å²) in [5.74, 6) is 0. The monoisotopic (exact) mass is 299 g/mol. The van der Waals surface area contributed by atoms with Gasteiger partial charge in [0.2, 0.25) is 0 Å². The van der Waals surface area contributed by atoms with Crippen LogP contribution in [0.5, 0.6) is 0 Å². The van der Waals surface area contributed by atoms with Gasteiger partial charge in [-0.2, -0.15) is 0 Å². The van der Waals surface area contributed by atoms with Crippen LogP contribution in [0.4, 0.5) is 0 Å². The van der Waals surface area contributed by atoms with E-state index in [2.05, 4.69) is 15.0 Å². The maximum atomic E-state index is 12.3. The SMILES string of the molecule is CCCC(C)(C)NS(=O)(=O)c1ccc(CNCC)cn1. The molecule has 0 aliphatic rings. The topological polar surface area (TPSA) is 71.1 Å². The number of rotatable bonds is 8. The second kappa shape index (κ2) is 7.15. The number of hydrogen-bond acceptors (Lipinski definition) is 4. The first-order valence-electron chi connectivity index (χ1n) is 7.00. The number of nitrogens with zero attached hydrogens (tertiary/aromatic N) is 1. The molecule has 0 aromatic carbocycles.